The summed E-state index contributed by atoms with van der Waals surface area (Å²) in [6.07, 6.45) is -0.301. The zero-order chi connectivity index (χ0) is 12.8. The molecule has 1 amide bonds. The standard InChI is InChI=1S/C10H14N4O3/c11-6-2-1-3-7(4-6)13-14-8(10(16)17)5-9(12)15/h1-4,8,13-14H,5,11H2,(H2,12,15)(H,16,17)/t8-/m0/s1. The number of hydrogen-bond acceptors (Lipinski definition) is 5. The van der Waals surface area contributed by atoms with Gasteiger partial charge in [0.05, 0.1) is 12.1 Å². The second kappa shape index (κ2) is 5.71. The van der Waals surface area contributed by atoms with Gasteiger partial charge in [-0.2, -0.15) is 0 Å². The molecule has 0 bridgehead atoms. The predicted molar refractivity (Wildman–Crippen MR) is 62.8 cm³/mol. The maximum Gasteiger partial charge on any atom is 0.323 e. The molecule has 17 heavy (non-hydrogen) atoms. The van der Waals surface area contributed by atoms with Gasteiger partial charge in [-0.15, -0.1) is 0 Å². The lowest BCUT2D eigenvalue weighted by Gasteiger charge is -2.14. The van der Waals surface area contributed by atoms with Crippen molar-refractivity contribution in [3.05, 3.63) is 24.3 Å². The number of carbonyl (C=O) groups excluding carboxylic acids is 1. The summed E-state index contributed by atoms with van der Waals surface area (Å²) in [6.45, 7) is 0. The molecule has 1 aromatic carbocycles. The van der Waals surface area contributed by atoms with E-state index in [-0.39, 0.29) is 6.42 Å². The van der Waals surface area contributed by atoms with E-state index >= 15 is 0 Å². The van der Waals surface area contributed by atoms with Crippen molar-refractivity contribution in [2.45, 2.75) is 12.5 Å². The van der Waals surface area contributed by atoms with Crippen molar-refractivity contribution in [2.24, 2.45) is 5.73 Å². The molecule has 0 unspecified atom stereocenters. The van der Waals surface area contributed by atoms with Gasteiger partial charge in [-0.3, -0.25) is 9.59 Å². The van der Waals surface area contributed by atoms with E-state index in [9.17, 15) is 9.59 Å². The number of nitrogen functional groups attached to an aromatic ring is 1. The van der Waals surface area contributed by atoms with Gasteiger partial charge < -0.3 is 22.0 Å². The van der Waals surface area contributed by atoms with Gasteiger partial charge in [0.25, 0.3) is 0 Å². The molecule has 0 heterocycles. The van der Waals surface area contributed by atoms with E-state index in [1.54, 1.807) is 24.3 Å². The van der Waals surface area contributed by atoms with E-state index in [0.29, 0.717) is 11.4 Å². The number of carbonyl (C=O) groups is 2. The molecule has 0 saturated heterocycles. The first-order valence-corrected chi connectivity index (χ1v) is 4.87. The fourth-order valence-corrected chi connectivity index (χ4v) is 1.19. The Morgan fingerprint density at radius 2 is 2.12 bits per heavy atom. The first-order valence-electron chi connectivity index (χ1n) is 4.87. The highest BCUT2D eigenvalue weighted by molar-refractivity contribution is 5.83. The number of nitrogens with one attached hydrogen (secondary N) is 2. The van der Waals surface area contributed by atoms with Crippen molar-refractivity contribution in [1.82, 2.24) is 5.43 Å². The van der Waals surface area contributed by atoms with Crippen LogP contribution in [-0.4, -0.2) is 23.0 Å². The average Bonchev–Trinajstić information content (AvgIpc) is 2.23. The van der Waals surface area contributed by atoms with Crippen LogP contribution in [0, 0.1) is 0 Å². The third kappa shape index (κ3) is 4.39. The molecule has 92 valence electrons. The van der Waals surface area contributed by atoms with Crippen LogP contribution in [0.2, 0.25) is 0 Å². The summed E-state index contributed by atoms with van der Waals surface area (Å²) < 4.78 is 0. The van der Waals surface area contributed by atoms with Crippen molar-refractivity contribution in [3.63, 3.8) is 0 Å². The van der Waals surface area contributed by atoms with E-state index in [4.69, 9.17) is 16.6 Å². The normalized spacial score (nSPS) is 11.8. The van der Waals surface area contributed by atoms with Gasteiger partial charge >= 0.3 is 5.97 Å². The minimum absolute atomic E-state index is 0.301. The zero-order valence-corrected chi connectivity index (χ0v) is 9.01. The summed E-state index contributed by atoms with van der Waals surface area (Å²) in [7, 11) is 0. The van der Waals surface area contributed by atoms with Crippen LogP contribution in [-0.2, 0) is 9.59 Å². The molecule has 0 spiro atoms. The molecule has 0 aliphatic rings. The van der Waals surface area contributed by atoms with Crippen molar-refractivity contribution in [3.8, 4) is 0 Å². The first kappa shape index (κ1) is 12.8. The van der Waals surface area contributed by atoms with Crippen LogP contribution in [0.1, 0.15) is 6.42 Å². The lowest BCUT2D eigenvalue weighted by atomic mass is 10.2. The summed E-state index contributed by atoms with van der Waals surface area (Å²) in [6, 6.07) is 5.64. The molecule has 0 saturated carbocycles. The van der Waals surface area contributed by atoms with Crippen LogP contribution in [0.5, 0.6) is 0 Å². The number of carboxylic acids is 1. The molecule has 0 fully saturated rings. The van der Waals surface area contributed by atoms with Crippen molar-refractivity contribution < 1.29 is 14.7 Å². The number of carboxylic acid groups (broad SMARTS) is 1. The number of hydrazine groups is 1. The Hall–Kier alpha value is -2.28. The Morgan fingerprint density at radius 3 is 2.65 bits per heavy atom. The maximum atomic E-state index is 10.8. The van der Waals surface area contributed by atoms with Gasteiger partial charge in [-0.25, -0.2) is 5.43 Å². The first-order chi connectivity index (χ1) is 7.99. The lowest BCUT2D eigenvalue weighted by molar-refractivity contribution is -0.141. The van der Waals surface area contributed by atoms with Crippen LogP contribution >= 0.6 is 0 Å². The zero-order valence-electron chi connectivity index (χ0n) is 9.01. The summed E-state index contributed by atoms with van der Waals surface area (Å²) >= 11 is 0. The van der Waals surface area contributed by atoms with Crippen molar-refractivity contribution in [2.75, 3.05) is 11.2 Å². The number of aliphatic carboxylic acids is 1. The molecular formula is C10H14N4O3. The van der Waals surface area contributed by atoms with Crippen LogP contribution < -0.4 is 22.3 Å². The fraction of sp³-hybridized carbons (Fsp3) is 0.200. The van der Waals surface area contributed by atoms with E-state index in [1.165, 1.54) is 0 Å². The number of hydrogen-bond donors (Lipinski definition) is 5. The Labute approximate surface area is 97.8 Å². The summed E-state index contributed by atoms with van der Waals surface area (Å²) in [5.74, 6) is -1.86. The smallest absolute Gasteiger partial charge is 0.323 e. The highest BCUT2D eigenvalue weighted by Crippen LogP contribution is 2.10. The average molecular weight is 238 g/mol. The second-order valence-corrected chi connectivity index (χ2v) is 3.46. The number of primary amides is 1. The van der Waals surface area contributed by atoms with Crippen molar-refractivity contribution in [1.29, 1.82) is 0 Å². The van der Waals surface area contributed by atoms with E-state index in [0.717, 1.165) is 0 Å². The van der Waals surface area contributed by atoms with E-state index in [2.05, 4.69) is 10.9 Å². The number of amides is 1. The summed E-state index contributed by atoms with van der Waals surface area (Å²) in [5, 5.41) is 8.82. The van der Waals surface area contributed by atoms with Crippen LogP contribution in [0.3, 0.4) is 0 Å². The molecule has 0 aliphatic heterocycles. The molecule has 1 aromatic rings. The molecule has 1 atom stereocenters. The Morgan fingerprint density at radius 1 is 1.41 bits per heavy atom. The summed E-state index contributed by atoms with van der Waals surface area (Å²) in [5.41, 5.74) is 16.8. The van der Waals surface area contributed by atoms with Gasteiger partial charge in [0, 0.05) is 5.69 Å². The summed E-state index contributed by atoms with van der Waals surface area (Å²) in [4.78, 5) is 21.4. The second-order valence-electron chi connectivity index (χ2n) is 3.46. The number of anilines is 2. The molecule has 0 aromatic heterocycles. The maximum absolute atomic E-state index is 10.8. The third-order valence-corrected chi connectivity index (χ3v) is 1.98. The number of nitrogens with two attached hydrogens (primary N) is 2. The molecular weight excluding hydrogens is 224 g/mol. The van der Waals surface area contributed by atoms with Crippen LogP contribution in [0.4, 0.5) is 11.4 Å². The van der Waals surface area contributed by atoms with Gasteiger partial charge in [0.2, 0.25) is 5.91 Å². The number of benzene rings is 1. The molecule has 0 aliphatic carbocycles. The van der Waals surface area contributed by atoms with Crippen LogP contribution in [0.25, 0.3) is 0 Å². The van der Waals surface area contributed by atoms with Crippen molar-refractivity contribution >= 4 is 23.3 Å². The fourth-order valence-electron chi connectivity index (χ4n) is 1.19. The molecule has 7 N–H and O–H groups in total. The minimum Gasteiger partial charge on any atom is -0.480 e. The molecule has 7 nitrogen and oxygen atoms in total. The van der Waals surface area contributed by atoms with Gasteiger partial charge in [0.1, 0.15) is 6.04 Å². The van der Waals surface area contributed by atoms with E-state index in [1.807, 2.05) is 0 Å². The monoisotopic (exact) mass is 238 g/mol. The van der Waals surface area contributed by atoms with Gasteiger partial charge in [0.15, 0.2) is 0 Å². The largest absolute Gasteiger partial charge is 0.480 e. The predicted octanol–water partition coefficient (Wildman–Crippen LogP) is -0.486. The highest BCUT2D eigenvalue weighted by atomic mass is 16.4. The molecule has 0 radical (unpaired) electrons. The molecule has 7 heteroatoms. The Kier molecular flexibility index (Phi) is 4.29. The van der Waals surface area contributed by atoms with Gasteiger partial charge in [-0.05, 0) is 18.2 Å². The highest BCUT2D eigenvalue weighted by Gasteiger charge is 2.19. The Balaban J connectivity index is 2.57. The third-order valence-electron chi connectivity index (χ3n) is 1.98. The SMILES string of the molecule is NC(=O)C[C@H](NNc1cccc(N)c1)C(=O)O. The minimum atomic E-state index is -1.17. The topological polar surface area (TPSA) is 130 Å². The van der Waals surface area contributed by atoms with E-state index < -0.39 is 17.9 Å². The quantitative estimate of drug-likeness (QED) is 0.336. The lowest BCUT2D eigenvalue weighted by Crippen LogP contribution is -2.43. The number of rotatable bonds is 6. The molecule has 1 rings (SSSR count). The Bertz CT molecular complexity index is 422. The van der Waals surface area contributed by atoms with Gasteiger partial charge in [-0.1, -0.05) is 6.07 Å². The van der Waals surface area contributed by atoms with Crippen LogP contribution in [0.15, 0.2) is 24.3 Å².